The Kier molecular flexibility index (Phi) is 5.50. The molecular weight excluding hydrogens is 274 g/mol. The van der Waals surface area contributed by atoms with Crippen molar-refractivity contribution in [2.24, 2.45) is 5.73 Å². The van der Waals surface area contributed by atoms with Gasteiger partial charge in [0.05, 0.1) is 0 Å². The standard InChI is InChI=1S/C11H16BrNOS/c1-8(13)3-2-4-9(14)7-11-10(12)5-6-15-11/h5-6,8H,2-4,7,13H2,1H3. The quantitative estimate of drug-likeness (QED) is 0.874. The van der Waals surface area contributed by atoms with Crippen LogP contribution in [0.25, 0.3) is 0 Å². The number of hydrogen-bond donors (Lipinski definition) is 1. The summed E-state index contributed by atoms with van der Waals surface area (Å²) >= 11 is 5.05. The largest absolute Gasteiger partial charge is 0.328 e. The summed E-state index contributed by atoms with van der Waals surface area (Å²) in [7, 11) is 0. The Bertz CT molecular complexity index is 322. The van der Waals surface area contributed by atoms with Crippen molar-refractivity contribution in [1.29, 1.82) is 0 Å². The van der Waals surface area contributed by atoms with Crippen LogP contribution in [0.5, 0.6) is 0 Å². The van der Waals surface area contributed by atoms with E-state index in [-0.39, 0.29) is 6.04 Å². The Morgan fingerprint density at radius 1 is 1.67 bits per heavy atom. The summed E-state index contributed by atoms with van der Waals surface area (Å²) < 4.78 is 1.05. The second kappa shape index (κ2) is 6.40. The zero-order valence-electron chi connectivity index (χ0n) is 8.83. The van der Waals surface area contributed by atoms with Gasteiger partial charge >= 0.3 is 0 Å². The summed E-state index contributed by atoms with van der Waals surface area (Å²) in [4.78, 5) is 12.7. The predicted molar refractivity (Wildman–Crippen MR) is 68.2 cm³/mol. The number of thiophene rings is 1. The van der Waals surface area contributed by atoms with Crippen LogP contribution in [0, 0.1) is 0 Å². The van der Waals surface area contributed by atoms with E-state index in [9.17, 15) is 4.79 Å². The van der Waals surface area contributed by atoms with Gasteiger partial charge in [0.2, 0.25) is 0 Å². The van der Waals surface area contributed by atoms with Gasteiger partial charge in [0.1, 0.15) is 5.78 Å². The molecule has 1 unspecified atom stereocenters. The van der Waals surface area contributed by atoms with Crippen molar-refractivity contribution in [1.82, 2.24) is 0 Å². The van der Waals surface area contributed by atoms with Gasteiger partial charge in [-0.25, -0.2) is 0 Å². The Hall–Kier alpha value is -0.190. The molecule has 2 nitrogen and oxygen atoms in total. The van der Waals surface area contributed by atoms with Gasteiger partial charge < -0.3 is 5.73 Å². The van der Waals surface area contributed by atoms with Crippen LogP contribution in [0.2, 0.25) is 0 Å². The van der Waals surface area contributed by atoms with Crippen LogP contribution in [-0.2, 0) is 11.2 Å². The minimum absolute atomic E-state index is 0.200. The lowest BCUT2D eigenvalue weighted by molar-refractivity contribution is -0.118. The number of carbonyl (C=O) groups is 1. The highest BCUT2D eigenvalue weighted by Gasteiger charge is 2.08. The molecule has 1 aromatic rings. The molecule has 4 heteroatoms. The fraction of sp³-hybridized carbons (Fsp3) is 0.545. The lowest BCUT2D eigenvalue weighted by Crippen LogP contribution is -2.15. The molecule has 0 bridgehead atoms. The van der Waals surface area contributed by atoms with E-state index in [1.165, 1.54) is 0 Å². The molecule has 0 aliphatic heterocycles. The average molecular weight is 290 g/mol. The molecular formula is C11H16BrNOS. The fourth-order valence-corrected chi connectivity index (χ4v) is 2.86. The van der Waals surface area contributed by atoms with Crippen LogP contribution in [-0.4, -0.2) is 11.8 Å². The molecule has 0 spiro atoms. The minimum Gasteiger partial charge on any atom is -0.328 e. The highest BCUT2D eigenvalue weighted by molar-refractivity contribution is 9.10. The molecule has 84 valence electrons. The van der Waals surface area contributed by atoms with Gasteiger partial charge in [-0.15, -0.1) is 11.3 Å². The van der Waals surface area contributed by atoms with Gasteiger partial charge in [0, 0.05) is 28.2 Å². The zero-order valence-corrected chi connectivity index (χ0v) is 11.2. The number of halogens is 1. The SMILES string of the molecule is CC(N)CCCC(=O)Cc1sccc1Br. The number of rotatable bonds is 6. The molecule has 0 saturated heterocycles. The first-order chi connectivity index (χ1) is 7.09. The normalized spacial score (nSPS) is 12.7. The molecule has 0 fully saturated rings. The third kappa shape index (κ3) is 4.91. The van der Waals surface area contributed by atoms with Crippen molar-refractivity contribution >= 4 is 33.0 Å². The summed E-state index contributed by atoms with van der Waals surface area (Å²) in [5.41, 5.74) is 5.62. The number of hydrogen-bond acceptors (Lipinski definition) is 3. The minimum atomic E-state index is 0.200. The highest BCUT2D eigenvalue weighted by atomic mass is 79.9. The third-order valence-corrected chi connectivity index (χ3v) is 4.09. The van der Waals surface area contributed by atoms with Crippen molar-refractivity contribution in [3.8, 4) is 0 Å². The molecule has 0 aromatic carbocycles. The molecule has 0 aliphatic rings. The highest BCUT2D eigenvalue weighted by Crippen LogP contribution is 2.23. The number of carbonyl (C=O) groups excluding carboxylic acids is 1. The van der Waals surface area contributed by atoms with E-state index in [1.807, 2.05) is 18.4 Å². The van der Waals surface area contributed by atoms with Crippen LogP contribution in [0.3, 0.4) is 0 Å². The lowest BCUT2D eigenvalue weighted by Gasteiger charge is -2.03. The molecule has 1 heterocycles. The summed E-state index contributed by atoms with van der Waals surface area (Å²) in [6.07, 6.45) is 3.03. The first-order valence-electron chi connectivity index (χ1n) is 5.08. The molecule has 0 aliphatic carbocycles. The maximum Gasteiger partial charge on any atom is 0.138 e. The van der Waals surface area contributed by atoms with Gasteiger partial charge in [-0.3, -0.25) is 4.79 Å². The second-order valence-electron chi connectivity index (χ2n) is 3.78. The Labute approximate surface area is 103 Å². The molecule has 0 amide bonds. The van der Waals surface area contributed by atoms with Crippen LogP contribution in [0.15, 0.2) is 15.9 Å². The fourth-order valence-electron chi connectivity index (χ4n) is 1.34. The van der Waals surface area contributed by atoms with Gasteiger partial charge in [-0.2, -0.15) is 0 Å². The van der Waals surface area contributed by atoms with Crippen LogP contribution < -0.4 is 5.73 Å². The number of Topliss-reactive ketones (excluding diaryl/α,β-unsaturated/α-hetero) is 1. The first-order valence-corrected chi connectivity index (χ1v) is 6.76. The Morgan fingerprint density at radius 2 is 2.40 bits per heavy atom. The van der Waals surface area contributed by atoms with Gasteiger partial charge in [-0.1, -0.05) is 0 Å². The number of ketones is 1. The van der Waals surface area contributed by atoms with Gasteiger partial charge in [0.25, 0.3) is 0 Å². The zero-order chi connectivity index (χ0) is 11.3. The van der Waals surface area contributed by atoms with E-state index in [0.29, 0.717) is 18.6 Å². The van der Waals surface area contributed by atoms with Crippen molar-refractivity contribution in [3.63, 3.8) is 0 Å². The first kappa shape index (κ1) is 12.9. The molecule has 0 radical (unpaired) electrons. The lowest BCUT2D eigenvalue weighted by atomic mass is 10.1. The Balaban J connectivity index is 2.28. The third-order valence-electron chi connectivity index (χ3n) is 2.16. The van der Waals surface area contributed by atoms with Crippen molar-refractivity contribution in [2.75, 3.05) is 0 Å². The maximum atomic E-state index is 11.6. The van der Waals surface area contributed by atoms with Crippen molar-refractivity contribution < 1.29 is 4.79 Å². The van der Waals surface area contributed by atoms with Crippen LogP contribution in [0.4, 0.5) is 0 Å². The van der Waals surface area contributed by atoms with Crippen LogP contribution in [0.1, 0.15) is 31.1 Å². The van der Waals surface area contributed by atoms with E-state index in [2.05, 4.69) is 15.9 Å². The summed E-state index contributed by atoms with van der Waals surface area (Å²) in [5, 5.41) is 1.99. The van der Waals surface area contributed by atoms with E-state index in [0.717, 1.165) is 22.2 Å². The van der Waals surface area contributed by atoms with E-state index >= 15 is 0 Å². The topological polar surface area (TPSA) is 43.1 Å². The van der Waals surface area contributed by atoms with E-state index < -0.39 is 0 Å². The van der Waals surface area contributed by atoms with Crippen molar-refractivity contribution in [2.45, 2.75) is 38.6 Å². The molecule has 1 rings (SSSR count). The average Bonchev–Trinajstić information content (AvgIpc) is 2.51. The summed E-state index contributed by atoms with van der Waals surface area (Å²) in [6, 6.07) is 2.18. The molecule has 1 aromatic heterocycles. The summed E-state index contributed by atoms with van der Waals surface area (Å²) in [5.74, 6) is 0.304. The summed E-state index contributed by atoms with van der Waals surface area (Å²) in [6.45, 7) is 1.97. The monoisotopic (exact) mass is 289 g/mol. The molecule has 2 N–H and O–H groups in total. The number of nitrogens with two attached hydrogens (primary N) is 1. The predicted octanol–water partition coefficient (Wildman–Crippen LogP) is 3.14. The maximum absolute atomic E-state index is 11.6. The molecule has 0 saturated carbocycles. The van der Waals surface area contributed by atoms with Gasteiger partial charge in [-0.05, 0) is 47.1 Å². The molecule has 1 atom stereocenters. The Morgan fingerprint density at radius 3 is 2.93 bits per heavy atom. The van der Waals surface area contributed by atoms with E-state index in [1.54, 1.807) is 11.3 Å². The van der Waals surface area contributed by atoms with E-state index in [4.69, 9.17) is 5.73 Å². The van der Waals surface area contributed by atoms with Crippen LogP contribution >= 0.6 is 27.3 Å². The smallest absolute Gasteiger partial charge is 0.138 e. The van der Waals surface area contributed by atoms with Crippen molar-refractivity contribution in [3.05, 3.63) is 20.8 Å². The second-order valence-corrected chi connectivity index (χ2v) is 5.63. The molecule has 15 heavy (non-hydrogen) atoms. The van der Waals surface area contributed by atoms with Gasteiger partial charge in [0.15, 0.2) is 0 Å².